The lowest BCUT2D eigenvalue weighted by molar-refractivity contribution is 0.101. The van der Waals surface area contributed by atoms with Crippen molar-refractivity contribution in [2.45, 2.75) is 6.92 Å². The number of Topliss-reactive ketones (excluding diaryl/α,β-unsaturated/α-hetero) is 1. The average molecular weight is 172 g/mol. The minimum absolute atomic E-state index is 0. The summed E-state index contributed by atoms with van der Waals surface area (Å²) in [5, 5.41) is 0.657. The molecular formula is C8H10ClNO. The minimum atomic E-state index is 0. The molecule has 0 fully saturated rings. The fourth-order valence-electron chi connectivity index (χ4n) is 0.685. The molecule has 0 aliphatic carbocycles. The Hall–Kier alpha value is -0.860. The Kier molecular flexibility index (Phi) is 3.79. The summed E-state index contributed by atoms with van der Waals surface area (Å²) in [4.78, 5) is 10.7. The van der Waals surface area contributed by atoms with Gasteiger partial charge in [0.2, 0.25) is 0 Å². The molecular weight excluding hydrogens is 162 g/mol. The Morgan fingerprint density at radius 1 is 1.27 bits per heavy atom. The monoisotopic (exact) mass is 171 g/mol. The normalized spacial score (nSPS) is 8.55. The van der Waals surface area contributed by atoms with E-state index in [0.29, 0.717) is 10.6 Å². The Morgan fingerprint density at radius 3 is 2.09 bits per heavy atom. The lowest BCUT2D eigenvalue weighted by Crippen LogP contribution is -1.89. The first-order valence-corrected chi connectivity index (χ1v) is 3.34. The van der Waals surface area contributed by atoms with Crippen LogP contribution in [0.15, 0.2) is 24.3 Å². The average Bonchev–Trinajstić information content (AvgIpc) is 1.88. The largest absolute Gasteiger partial charge is 0.344 e. The summed E-state index contributed by atoms with van der Waals surface area (Å²) in [6.07, 6.45) is 0. The Labute approximate surface area is 70.8 Å². The van der Waals surface area contributed by atoms with E-state index >= 15 is 0 Å². The molecule has 1 aromatic carbocycles. The van der Waals surface area contributed by atoms with E-state index in [2.05, 4.69) is 0 Å². The zero-order valence-electron chi connectivity index (χ0n) is 6.30. The van der Waals surface area contributed by atoms with Crippen molar-refractivity contribution in [3.63, 3.8) is 0 Å². The molecule has 3 heteroatoms. The number of carbonyl (C=O) groups is 1. The molecule has 11 heavy (non-hydrogen) atoms. The van der Waals surface area contributed by atoms with Gasteiger partial charge in [0.1, 0.15) is 0 Å². The van der Waals surface area contributed by atoms with Crippen molar-refractivity contribution in [1.29, 1.82) is 0 Å². The summed E-state index contributed by atoms with van der Waals surface area (Å²) >= 11 is 5.61. The molecule has 60 valence electrons. The molecule has 0 unspecified atom stereocenters. The van der Waals surface area contributed by atoms with Gasteiger partial charge in [-0.2, -0.15) is 0 Å². The zero-order chi connectivity index (χ0) is 7.56. The molecule has 0 aliphatic rings. The van der Waals surface area contributed by atoms with Crippen molar-refractivity contribution in [2.24, 2.45) is 0 Å². The second-order valence-corrected chi connectivity index (χ2v) is 2.50. The number of hydrogen-bond acceptors (Lipinski definition) is 2. The number of carbonyl (C=O) groups excluding carboxylic acids is 1. The van der Waals surface area contributed by atoms with Crippen LogP contribution >= 0.6 is 11.6 Å². The van der Waals surface area contributed by atoms with Gasteiger partial charge in [-0.05, 0) is 31.2 Å². The number of rotatable bonds is 1. The molecule has 3 N–H and O–H groups in total. The second-order valence-electron chi connectivity index (χ2n) is 2.06. The Morgan fingerprint density at radius 2 is 1.73 bits per heavy atom. The van der Waals surface area contributed by atoms with Crippen LogP contribution in [0.5, 0.6) is 0 Å². The molecule has 0 heterocycles. The predicted octanol–water partition coefficient (Wildman–Crippen LogP) is 2.70. The SMILES string of the molecule is CC(=O)c1ccc(Cl)cc1.N. The van der Waals surface area contributed by atoms with Crippen LogP contribution in [0.3, 0.4) is 0 Å². The van der Waals surface area contributed by atoms with Crippen LogP contribution in [-0.2, 0) is 0 Å². The molecule has 0 saturated heterocycles. The fraction of sp³-hybridized carbons (Fsp3) is 0.125. The van der Waals surface area contributed by atoms with Gasteiger partial charge in [-0.15, -0.1) is 0 Å². The van der Waals surface area contributed by atoms with Gasteiger partial charge in [0, 0.05) is 10.6 Å². The summed E-state index contributed by atoms with van der Waals surface area (Å²) in [6, 6.07) is 6.84. The standard InChI is InChI=1S/C8H7ClO.H3N/c1-6(10)7-2-4-8(9)5-3-7;/h2-5H,1H3;1H3. The highest BCUT2D eigenvalue weighted by Gasteiger charge is 1.95. The molecule has 0 atom stereocenters. The predicted molar refractivity (Wildman–Crippen MR) is 46.5 cm³/mol. The third-order valence-electron chi connectivity index (χ3n) is 1.25. The summed E-state index contributed by atoms with van der Waals surface area (Å²) in [5.41, 5.74) is 0.699. The van der Waals surface area contributed by atoms with Crippen LogP contribution in [-0.4, -0.2) is 5.78 Å². The Bertz CT molecular complexity index is 243. The van der Waals surface area contributed by atoms with Gasteiger partial charge in [0.05, 0.1) is 0 Å². The van der Waals surface area contributed by atoms with Gasteiger partial charge in [0.15, 0.2) is 5.78 Å². The molecule has 1 aromatic rings. The number of ketones is 1. The maximum Gasteiger partial charge on any atom is 0.159 e. The van der Waals surface area contributed by atoms with Crippen molar-refractivity contribution in [2.75, 3.05) is 0 Å². The van der Waals surface area contributed by atoms with Crippen molar-refractivity contribution in [3.05, 3.63) is 34.9 Å². The van der Waals surface area contributed by atoms with Gasteiger partial charge >= 0.3 is 0 Å². The van der Waals surface area contributed by atoms with E-state index < -0.39 is 0 Å². The van der Waals surface area contributed by atoms with Crippen LogP contribution in [0, 0.1) is 0 Å². The van der Waals surface area contributed by atoms with E-state index in [1.807, 2.05) is 0 Å². The van der Waals surface area contributed by atoms with Crippen LogP contribution in [0.4, 0.5) is 0 Å². The van der Waals surface area contributed by atoms with Crippen molar-refractivity contribution >= 4 is 17.4 Å². The number of hydrogen-bond donors (Lipinski definition) is 1. The van der Waals surface area contributed by atoms with Crippen molar-refractivity contribution in [3.8, 4) is 0 Å². The minimum Gasteiger partial charge on any atom is -0.344 e. The molecule has 0 aromatic heterocycles. The van der Waals surface area contributed by atoms with Crippen LogP contribution in [0.25, 0.3) is 0 Å². The molecule has 0 amide bonds. The van der Waals surface area contributed by atoms with E-state index in [4.69, 9.17) is 11.6 Å². The first kappa shape index (κ1) is 10.1. The van der Waals surface area contributed by atoms with Crippen LogP contribution in [0.1, 0.15) is 17.3 Å². The van der Waals surface area contributed by atoms with Crippen molar-refractivity contribution in [1.82, 2.24) is 6.15 Å². The topological polar surface area (TPSA) is 52.1 Å². The molecule has 0 aliphatic heterocycles. The molecule has 0 bridgehead atoms. The highest BCUT2D eigenvalue weighted by atomic mass is 35.5. The zero-order valence-corrected chi connectivity index (χ0v) is 7.06. The van der Waals surface area contributed by atoms with Gasteiger partial charge in [0.25, 0.3) is 0 Å². The van der Waals surface area contributed by atoms with Gasteiger partial charge in [-0.1, -0.05) is 11.6 Å². The lowest BCUT2D eigenvalue weighted by atomic mass is 10.2. The molecule has 0 radical (unpaired) electrons. The van der Waals surface area contributed by atoms with Gasteiger partial charge in [-0.25, -0.2) is 0 Å². The second kappa shape index (κ2) is 4.11. The highest BCUT2D eigenvalue weighted by molar-refractivity contribution is 6.30. The maximum atomic E-state index is 10.7. The molecule has 2 nitrogen and oxygen atoms in total. The highest BCUT2D eigenvalue weighted by Crippen LogP contribution is 2.09. The smallest absolute Gasteiger partial charge is 0.159 e. The van der Waals surface area contributed by atoms with E-state index in [1.54, 1.807) is 24.3 Å². The molecule has 0 spiro atoms. The van der Waals surface area contributed by atoms with E-state index in [-0.39, 0.29) is 11.9 Å². The fourth-order valence-corrected chi connectivity index (χ4v) is 0.811. The third kappa shape index (κ3) is 2.70. The summed E-state index contributed by atoms with van der Waals surface area (Å²) < 4.78 is 0. The van der Waals surface area contributed by atoms with Crippen LogP contribution < -0.4 is 6.15 Å². The van der Waals surface area contributed by atoms with Gasteiger partial charge < -0.3 is 6.15 Å². The first-order valence-electron chi connectivity index (χ1n) is 2.96. The number of benzene rings is 1. The maximum absolute atomic E-state index is 10.7. The molecule has 1 rings (SSSR count). The third-order valence-corrected chi connectivity index (χ3v) is 1.50. The Balaban J connectivity index is 0.000001000. The first-order chi connectivity index (χ1) is 4.70. The quantitative estimate of drug-likeness (QED) is 0.661. The van der Waals surface area contributed by atoms with E-state index in [1.165, 1.54) is 6.92 Å². The van der Waals surface area contributed by atoms with Crippen molar-refractivity contribution < 1.29 is 4.79 Å². The summed E-state index contributed by atoms with van der Waals surface area (Å²) in [6.45, 7) is 1.53. The van der Waals surface area contributed by atoms with Crippen LogP contribution in [0.2, 0.25) is 5.02 Å². The summed E-state index contributed by atoms with van der Waals surface area (Å²) in [5.74, 6) is 0.0664. The molecule has 0 saturated carbocycles. The lowest BCUT2D eigenvalue weighted by Gasteiger charge is -1.92. The van der Waals surface area contributed by atoms with E-state index in [0.717, 1.165) is 0 Å². The van der Waals surface area contributed by atoms with E-state index in [9.17, 15) is 4.79 Å². The summed E-state index contributed by atoms with van der Waals surface area (Å²) in [7, 11) is 0. The van der Waals surface area contributed by atoms with Gasteiger partial charge in [-0.3, -0.25) is 4.79 Å². The number of halogens is 1.